The van der Waals surface area contributed by atoms with Crippen LogP contribution in [0.25, 0.3) is 11.6 Å². The zero-order chi connectivity index (χ0) is 18.6. The van der Waals surface area contributed by atoms with Crippen molar-refractivity contribution >= 4 is 17.3 Å². The Balaban J connectivity index is 1.35. The van der Waals surface area contributed by atoms with Crippen molar-refractivity contribution in [3.05, 3.63) is 48.3 Å². The summed E-state index contributed by atoms with van der Waals surface area (Å²) in [5, 5.41) is 6.56. The first-order valence-corrected chi connectivity index (χ1v) is 8.89. The standard InChI is InChI=1S/C19H19FN4O3/c20-13-10-14(12-15(11-13)24-7-1-2-8-24)21-17(25)5-6-18-22-19(23-27-18)16-4-3-9-26-16/h3-4,9-12H,1-2,5-8H2,(H,21,25). The number of aryl methyl sites for hydroxylation is 1. The summed E-state index contributed by atoms with van der Waals surface area (Å²) in [7, 11) is 0. The molecular weight excluding hydrogens is 351 g/mol. The van der Waals surface area contributed by atoms with Gasteiger partial charge in [-0.3, -0.25) is 4.79 Å². The second-order valence-electron chi connectivity index (χ2n) is 6.43. The molecule has 0 aliphatic carbocycles. The van der Waals surface area contributed by atoms with Gasteiger partial charge in [0.1, 0.15) is 5.82 Å². The minimum atomic E-state index is -0.366. The van der Waals surface area contributed by atoms with Gasteiger partial charge in [-0.2, -0.15) is 4.98 Å². The van der Waals surface area contributed by atoms with Crippen molar-refractivity contribution in [2.45, 2.75) is 25.7 Å². The number of carbonyl (C=O) groups is 1. The third-order valence-corrected chi connectivity index (χ3v) is 4.41. The van der Waals surface area contributed by atoms with Crippen LogP contribution in [0.15, 0.2) is 45.5 Å². The molecule has 0 spiro atoms. The van der Waals surface area contributed by atoms with Crippen LogP contribution in [-0.4, -0.2) is 29.1 Å². The lowest BCUT2D eigenvalue weighted by molar-refractivity contribution is -0.116. The van der Waals surface area contributed by atoms with Crippen LogP contribution in [0.5, 0.6) is 0 Å². The van der Waals surface area contributed by atoms with E-state index in [2.05, 4.69) is 20.4 Å². The van der Waals surface area contributed by atoms with Gasteiger partial charge >= 0.3 is 0 Å². The summed E-state index contributed by atoms with van der Waals surface area (Å²) < 4.78 is 24.2. The van der Waals surface area contributed by atoms with Crippen LogP contribution in [0, 0.1) is 5.82 Å². The van der Waals surface area contributed by atoms with Crippen molar-refractivity contribution in [2.75, 3.05) is 23.3 Å². The Morgan fingerprint density at radius 2 is 2.11 bits per heavy atom. The number of anilines is 2. The molecule has 140 valence electrons. The molecule has 0 atom stereocenters. The van der Waals surface area contributed by atoms with E-state index in [1.807, 2.05) is 0 Å². The molecule has 0 saturated carbocycles. The van der Waals surface area contributed by atoms with Crippen molar-refractivity contribution in [1.29, 1.82) is 0 Å². The average Bonchev–Trinajstić information content (AvgIpc) is 3.41. The van der Waals surface area contributed by atoms with Crippen molar-refractivity contribution in [3.8, 4) is 11.6 Å². The number of rotatable bonds is 6. The van der Waals surface area contributed by atoms with E-state index >= 15 is 0 Å². The summed E-state index contributed by atoms with van der Waals surface area (Å²) in [6, 6.07) is 8.07. The zero-order valence-electron chi connectivity index (χ0n) is 14.7. The molecule has 1 N–H and O–H groups in total. The molecule has 3 heterocycles. The van der Waals surface area contributed by atoms with Gasteiger partial charge in [-0.25, -0.2) is 4.39 Å². The molecule has 3 aromatic rings. The van der Waals surface area contributed by atoms with Crippen LogP contribution in [-0.2, 0) is 11.2 Å². The van der Waals surface area contributed by atoms with E-state index in [4.69, 9.17) is 8.94 Å². The molecule has 1 aliphatic heterocycles. The molecule has 1 aromatic carbocycles. The van der Waals surface area contributed by atoms with Crippen molar-refractivity contribution in [1.82, 2.24) is 10.1 Å². The Labute approximate surface area is 155 Å². The van der Waals surface area contributed by atoms with Crippen molar-refractivity contribution in [3.63, 3.8) is 0 Å². The Bertz CT molecular complexity index is 917. The first-order chi connectivity index (χ1) is 13.2. The normalized spacial score (nSPS) is 13.9. The van der Waals surface area contributed by atoms with Gasteiger partial charge in [-0.15, -0.1) is 0 Å². The lowest BCUT2D eigenvalue weighted by Gasteiger charge is -2.18. The third kappa shape index (κ3) is 4.16. The summed E-state index contributed by atoms with van der Waals surface area (Å²) in [6.45, 7) is 1.82. The monoisotopic (exact) mass is 370 g/mol. The minimum Gasteiger partial charge on any atom is -0.461 e. The Morgan fingerprint density at radius 1 is 1.26 bits per heavy atom. The summed E-state index contributed by atoms with van der Waals surface area (Å²) in [4.78, 5) is 18.5. The number of nitrogens with zero attached hydrogens (tertiary/aromatic N) is 3. The molecular formula is C19H19FN4O3. The van der Waals surface area contributed by atoms with Gasteiger partial charge in [-0.1, -0.05) is 5.16 Å². The van der Waals surface area contributed by atoms with Gasteiger partial charge in [-0.05, 0) is 43.2 Å². The maximum atomic E-state index is 13.9. The molecule has 27 heavy (non-hydrogen) atoms. The highest BCUT2D eigenvalue weighted by atomic mass is 19.1. The number of amides is 1. The van der Waals surface area contributed by atoms with Gasteiger partial charge < -0.3 is 19.2 Å². The van der Waals surface area contributed by atoms with E-state index in [1.54, 1.807) is 18.2 Å². The second kappa shape index (κ2) is 7.61. The second-order valence-corrected chi connectivity index (χ2v) is 6.43. The van der Waals surface area contributed by atoms with Crippen LogP contribution in [0.1, 0.15) is 25.2 Å². The average molecular weight is 370 g/mol. The predicted octanol–water partition coefficient (Wildman–Crippen LogP) is 3.64. The predicted molar refractivity (Wildman–Crippen MR) is 96.8 cm³/mol. The molecule has 1 fully saturated rings. The van der Waals surface area contributed by atoms with Crippen LogP contribution in [0.3, 0.4) is 0 Å². The Hall–Kier alpha value is -3.16. The topological polar surface area (TPSA) is 84.4 Å². The first-order valence-electron chi connectivity index (χ1n) is 8.89. The maximum absolute atomic E-state index is 13.9. The molecule has 0 bridgehead atoms. The molecule has 1 aliphatic rings. The highest BCUT2D eigenvalue weighted by Gasteiger charge is 2.16. The van der Waals surface area contributed by atoms with E-state index in [-0.39, 0.29) is 24.6 Å². The number of carbonyl (C=O) groups excluding carboxylic acids is 1. The molecule has 7 nitrogen and oxygen atoms in total. The lowest BCUT2D eigenvalue weighted by atomic mass is 10.2. The third-order valence-electron chi connectivity index (χ3n) is 4.41. The lowest BCUT2D eigenvalue weighted by Crippen LogP contribution is -2.18. The van der Waals surface area contributed by atoms with Crippen LogP contribution < -0.4 is 10.2 Å². The number of benzene rings is 1. The highest BCUT2D eigenvalue weighted by molar-refractivity contribution is 5.91. The Kier molecular flexibility index (Phi) is 4.86. The van der Waals surface area contributed by atoms with Crippen LogP contribution in [0.4, 0.5) is 15.8 Å². The van der Waals surface area contributed by atoms with Gasteiger partial charge in [0.2, 0.25) is 17.6 Å². The number of hydrogen-bond donors (Lipinski definition) is 1. The molecule has 2 aromatic heterocycles. The smallest absolute Gasteiger partial charge is 0.238 e. The number of hydrogen-bond acceptors (Lipinski definition) is 6. The number of halogens is 1. The Morgan fingerprint density at radius 3 is 2.89 bits per heavy atom. The number of nitrogens with one attached hydrogen (secondary N) is 1. The summed E-state index contributed by atoms with van der Waals surface area (Å²) in [5.41, 5.74) is 1.24. The van der Waals surface area contributed by atoms with Crippen molar-refractivity contribution in [2.24, 2.45) is 0 Å². The fraction of sp³-hybridized carbons (Fsp3) is 0.316. The largest absolute Gasteiger partial charge is 0.461 e. The maximum Gasteiger partial charge on any atom is 0.238 e. The van der Waals surface area contributed by atoms with Gasteiger partial charge in [0.15, 0.2) is 5.76 Å². The highest BCUT2D eigenvalue weighted by Crippen LogP contribution is 2.25. The van der Waals surface area contributed by atoms with E-state index < -0.39 is 0 Å². The summed E-state index contributed by atoms with van der Waals surface area (Å²) in [6.07, 6.45) is 4.15. The summed E-state index contributed by atoms with van der Waals surface area (Å²) >= 11 is 0. The van der Waals surface area contributed by atoms with Crippen LogP contribution in [0.2, 0.25) is 0 Å². The zero-order valence-corrected chi connectivity index (χ0v) is 14.7. The summed E-state index contributed by atoms with van der Waals surface area (Å²) in [5.74, 6) is 0.577. The first kappa shape index (κ1) is 17.3. The van der Waals surface area contributed by atoms with E-state index in [1.165, 1.54) is 18.4 Å². The molecule has 0 unspecified atom stereocenters. The van der Waals surface area contributed by atoms with Crippen molar-refractivity contribution < 1.29 is 18.1 Å². The molecule has 4 rings (SSSR count). The molecule has 1 saturated heterocycles. The molecule has 0 radical (unpaired) electrons. The quantitative estimate of drug-likeness (QED) is 0.713. The van der Waals surface area contributed by atoms with E-state index in [0.29, 0.717) is 23.2 Å². The SMILES string of the molecule is O=C(CCc1nc(-c2ccco2)no1)Nc1cc(F)cc(N2CCCC2)c1. The fourth-order valence-electron chi connectivity index (χ4n) is 3.11. The van der Waals surface area contributed by atoms with Gasteiger partial charge in [0, 0.05) is 37.3 Å². The number of furan rings is 1. The van der Waals surface area contributed by atoms with Gasteiger partial charge in [0.25, 0.3) is 0 Å². The van der Waals surface area contributed by atoms with E-state index in [9.17, 15) is 9.18 Å². The number of aromatic nitrogens is 2. The molecule has 1 amide bonds. The fourth-order valence-corrected chi connectivity index (χ4v) is 3.11. The van der Waals surface area contributed by atoms with E-state index in [0.717, 1.165) is 31.6 Å². The van der Waals surface area contributed by atoms with Crippen LogP contribution >= 0.6 is 0 Å². The molecule has 8 heteroatoms. The van der Waals surface area contributed by atoms with Gasteiger partial charge in [0.05, 0.1) is 6.26 Å². The minimum absolute atomic E-state index is 0.148.